The molecule has 0 aromatic rings. The van der Waals surface area contributed by atoms with Gasteiger partial charge in [-0.05, 0) is 18.8 Å². The lowest BCUT2D eigenvalue weighted by atomic mass is 9.87. The van der Waals surface area contributed by atoms with Crippen LogP contribution in [0.4, 0.5) is 0 Å². The first-order chi connectivity index (χ1) is 6.22. The maximum atomic E-state index is 5.79. The standard InChI is InChI=1S/C10H17Cl2N/c1-8-3-2-4-10(5-8)13-7-9(12)6-11/h6,8,10,13H,2-5,7H2,1H3. The molecule has 0 aromatic carbocycles. The van der Waals surface area contributed by atoms with E-state index in [1.165, 1.54) is 31.2 Å². The van der Waals surface area contributed by atoms with Crippen molar-refractivity contribution in [3.05, 3.63) is 10.6 Å². The Morgan fingerprint density at radius 1 is 1.54 bits per heavy atom. The van der Waals surface area contributed by atoms with Crippen molar-refractivity contribution < 1.29 is 0 Å². The van der Waals surface area contributed by atoms with Gasteiger partial charge >= 0.3 is 0 Å². The average Bonchev–Trinajstić information content (AvgIpc) is 2.14. The van der Waals surface area contributed by atoms with Crippen LogP contribution in [0.2, 0.25) is 0 Å². The first kappa shape index (κ1) is 11.4. The molecule has 2 unspecified atom stereocenters. The zero-order valence-corrected chi connectivity index (χ0v) is 9.54. The van der Waals surface area contributed by atoms with Crippen LogP contribution < -0.4 is 5.32 Å². The summed E-state index contributed by atoms with van der Waals surface area (Å²) in [5.74, 6) is 0.852. The molecule has 0 aliphatic heterocycles. The van der Waals surface area contributed by atoms with Gasteiger partial charge in [-0.1, -0.05) is 43.0 Å². The van der Waals surface area contributed by atoms with Gasteiger partial charge in [-0.25, -0.2) is 0 Å². The SMILES string of the molecule is CC1CCCC(NCC(Cl)=CCl)C1. The van der Waals surface area contributed by atoms with Crippen molar-refractivity contribution in [3.63, 3.8) is 0 Å². The number of nitrogens with one attached hydrogen (secondary N) is 1. The minimum atomic E-state index is 0.633. The fraction of sp³-hybridized carbons (Fsp3) is 0.800. The minimum absolute atomic E-state index is 0.633. The summed E-state index contributed by atoms with van der Waals surface area (Å²) >= 11 is 11.3. The number of hydrogen-bond acceptors (Lipinski definition) is 1. The van der Waals surface area contributed by atoms with Crippen molar-refractivity contribution >= 4 is 23.2 Å². The molecule has 1 nitrogen and oxygen atoms in total. The van der Waals surface area contributed by atoms with E-state index in [-0.39, 0.29) is 0 Å². The Kier molecular flexibility index (Phi) is 5.15. The van der Waals surface area contributed by atoms with E-state index >= 15 is 0 Å². The first-order valence-electron chi connectivity index (χ1n) is 4.90. The molecule has 0 bridgehead atoms. The Morgan fingerprint density at radius 2 is 2.31 bits per heavy atom. The molecule has 1 fully saturated rings. The van der Waals surface area contributed by atoms with Crippen molar-refractivity contribution in [1.29, 1.82) is 0 Å². The molecule has 1 saturated carbocycles. The highest BCUT2D eigenvalue weighted by Gasteiger charge is 2.17. The van der Waals surface area contributed by atoms with Gasteiger partial charge in [0, 0.05) is 23.2 Å². The van der Waals surface area contributed by atoms with Gasteiger partial charge in [0.25, 0.3) is 0 Å². The Labute approximate surface area is 90.5 Å². The topological polar surface area (TPSA) is 12.0 Å². The number of hydrogen-bond donors (Lipinski definition) is 1. The smallest absolute Gasteiger partial charge is 0.0431 e. The van der Waals surface area contributed by atoms with E-state index in [9.17, 15) is 0 Å². The average molecular weight is 222 g/mol. The third-order valence-electron chi connectivity index (χ3n) is 2.61. The van der Waals surface area contributed by atoms with E-state index in [0.29, 0.717) is 17.6 Å². The van der Waals surface area contributed by atoms with E-state index in [1.54, 1.807) is 0 Å². The maximum absolute atomic E-state index is 5.79. The van der Waals surface area contributed by atoms with Crippen LogP contribution in [0.25, 0.3) is 0 Å². The van der Waals surface area contributed by atoms with Crippen molar-refractivity contribution in [2.75, 3.05) is 6.54 Å². The monoisotopic (exact) mass is 221 g/mol. The van der Waals surface area contributed by atoms with Crippen molar-refractivity contribution in [2.45, 2.75) is 38.6 Å². The Balaban J connectivity index is 2.20. The molecule has 0 aromatic heterocycles. The number of rotatable bonds is 3. The fourth-order valence-corrected chi connectivity index (χ4v) is 2.05. The summed E-state index contributed by atoms with van der Waals surface area (Å²) in [7, 11) is 0. The zero-order chi connectivity index (χ0) is 9.68. The molecule has 0 heterocycles. The zero-order valence-electron chi connectivity index (χ0n) is 8.02. The normalized spacial score (nSPS) is 30.5. The van der Waals surface area contributed by atoms with Crippen molar-refractivity contribution in [3.8, 4) is 0 Å². The summed E-state index contributed by atoms with van der Waals surface area (Å²) < 4.78 is 0. The van der Waals surface area contributed by atoms with Crippen LogP contribution in [0.5, 0.6) is 0 Å². The van der Waals surface area contributed by atoms with E-state index in [0.717, 1.165) is 5.92 Å². The second-order valence-corrected chi connectivity index (χ2v) is 4.61. The highest BCUT2D eigenvalue weighted by Crippen LogP contribution is 2.23. The van der Waals surface area contributed by atoms with E-state index in [2.05, 4.69) is 12.2 Å². The maximum Gasteiger partial charge on any atom is 0.0431 e. The highest BCUT2D eigenvalue weighted by atomic mass is 35.5. The van der Waals surface area contributed by atoms with Crippen LogP contribution >= 0.6 is 23.2 Å². The van der Waals surface area contributed by atoms with E-state index in [1.807, 2.05) is 0 Å². The third-order valence-corrected chi connectivity index (χ3v) is 3.23. The van der Waals surface area contributed by atoms with E-state index in [4.69, 9.17) is 23.2 Å². The predicted molar refractivity (Wildman–Crippen MR) is 59.2 cm³/mol. The van der Waals surface area contributed by atoms with Crippen LogP contribution in [0.15, 0.2) is 10.6 Å². The molecule has 13 heavy (non-hydrogen) atoms. The molecule has 0 amide bonds. The molecule has 1 aliphatic carbocycles. The molecule has 1 N–H and O–H groups in total. The minimum Gasteiger partial charge on any atom is -0.309 e. The number of halogens is 2. The Bertz CT molecular complexity index is 180. The quantitative estimate of drug-likeness (QED) is 0.770. The van der Waals surface area contributed by atoms with Crippen LogP contribution in [0, 0.1) is 5.92 Å². The van der Waals surface area contributed by atoms with Gasteiger partial charge in [-0.15, -0.1) is 0 Å². The van der Waals surface area contributed by atoms with Gasteiger partial charge in [0.1, 0.15) is 0 Å². The van der Waals surface area contributed by atoms with Crippen LogP contribution in [-0.4, -0.2) is 12.6 Å². The molecular weight excluding hydrogens is 205 g/mol. The van der Waals surface area contributed by atoms with Gasteiger partial charge < -0.3 is 5.32 Å². The molecule has 1 rings (SSSR count). The molecule has 0 spiro atoms. The molecule has 0 saturated heterocycles. The van der Waals surface area contributed by atoms with Crippen LogP contribution in [-0.2, 0) is 0 Å². The summed E-state index contributed by atoms with van der Waals surface area (Å²) in [6.45, 7) is 3.02. The Hall–Kier alpha value is 0.280. The van der Waals surface area contributed by atoms with Crippen molar-refractivity contribution in [1.82, 2.24) is 5.32 Å². The third kappa shape index (κ3) is 4.35. The summed E-state index contributed by atoms with van der Waals surface area (Å²) in [5.41, 5.74) is 1.43. The van der Waals surface area contributed by atoms with Gasteiger partial charge in [-0.3, -0.25) is 0 Å². The molecule has 3 heteroatoms. The van der Waals surface area contributed by atoms with Gasteiger partial charge in [0.2, 0.25) is 0 Å². The summed E-state index contributed by atoms with van der Waals surface area (Å²) in [6, 6.07) is 0.633. The first-order valence-corrected chi connectivity index (χ1v) is 5.72. The van der Waals surface area contributed by atoms with Crippen molar-refractivity contribution in [2.24, 2.45) is 5.92 Å². The Morgan fingerprint density at radius 3 is 2.92 bits per heavy atom. The van der Waals surface area contributed by atoms with Crippen LogP contribution in [0.1, 0.15) is 32.6 Å². The molecule has 0 radical (unpaired) electrons. The lowest BCUT2D eigenvalue weighted by molar-refractivity contribution is 0.308. The van der Waals surface area contributed by atoms with Gasteiger partial charge in [0.05, 0.1) is 0 Å². The summed E-state index contributed by atoms with van der Waals surface area (Å²) in [6.07, 6.45) is 5.25. The molecular formula is C10H17Cl2N. The molecule has 76 valence electrons. The molecule has 1 aliphatic rings. The second kappa shape index (κ2) is 5.90. The highest BCUT2D eigenvalue weighted by molar-refractivity contribution is 6.36. The lowest BCUT2D eigenvalue weighted by Crippen LogP contribution is -2.34. The summed E-state index contributed by atoms with van der Waals surface area (Å²) in [5, 5.41) is 4.11. The van der Waals surface area contributed by atoms with E-state index < -0.39 is 0 Å². The predicted octanol–water partition coefficient (Wildman–Crippen LogP) is 3.47. The fourth-order valence-electron chi connectivity index (χ4n) is 1.90. The van der Waals surface area contributed by atoms with Gasteiger partial charge in [0.15, 0.2) is 0 Å². The summed E-state index contributed by atoms with van der Waals surface area (Å²) in [4.78, 5) is 0. The van der Waals surface area contributed by atoms with Gasteiger partial charge in [-0.2, -0.15) is 0 Å². The lowest BCUT2D eigenvalue weighted by Gasteiger charge is -2.27. The largest absolute Gasteiger partial charge is 0.309 e. The van der Waals surface area contributed by atoms with Crippen LogP contribution in [0.3, 0.4) is 0 Å². The second-order valence-electron chi connectivity index (χ2n) is 3.91. The molecule has 2 atom stereocenters.